The van der Waals surface area contributed by atoms with Crippen molar-refractivity contribution in [1.82, 2.24) is 4.98 Å². The summed E-state index contributed by atoms with van der Waals surface area (Å²) in [7, 11) is 1.80. The molecule has 0 aliphatic rings. The molecule has 1 aromatic heterocycles. The van der Waals surface area contributed by atoms with E-state index in [9.17, 15) is 4.79 Å². The number of hydrogen-bond donors (Lipinski definition) is 1. The van der Waals surface area contributed by atoms with Crippen molar-refractivity contribution >= 4 is 17.4 Å². The third-order valence-corrected chi connectivity index (χ3v) is 3.42. The summed E-state index contributed by atoms with van der Waals surface area (Å²) < 4.78 is 0. The number of aromatic nitrogens is 1. The van der Waals surface area contributed by atoms with Crippen LogP contribution in [-0.4, -0.2) is 24.5 Å². The fourth-order valence-corrected chi connectivity index (χ4v) is 2.37. The van der Waals surface area contributed by atoms with Gasteiger partial charge in [0.05, 0.1) is 0 Å². The second kappa shape index (κ2) is 6.39. The standard InChI is InChI=1S/C17H21N3O/c1-5-20(15-9-7-6-8-12(15)2)17(21)14-10-13(3)19-16(11-14)18-4/h6-11H,5H2,1-4H3,(H,18,19). The Morgan fingerprint density at radius 3 is 2.57 bits per heavy atom. The minimum Gasteiger partial charge on any atom is -0.373 e. The van der Waals surface area contributed by atoms with Crippen LogP contribution in [0.25, 0.3) is 0 Å². The van der Waals surface area contributed by atoms with Crippen molar-refractivity contribution in [3.05, 3.63) is 53.2 Å². The molecule has 4 heteroatoms. The molecule has 1 aromatic carbocycles. The lowest BCUT2D eigenvalue weighted by molar-refractivity contribution is 0.0988. The average molecular weight is 283 g/mol. The van der Waals surface area contributed by atoms with E-state index in [4.69, 9.17) is 0 Å². The van der Waals surface area contributed by atoms with E-state index in [0.29, 0.717) is 17.9 Å². The van der Waals surface area contributed by atoms with Crippen LogP contribution in [0, 0.1) is 13.8 Å². The molecule has 0 atom stereocenters. The Hall–Kier alpha value is -2.36. The second-order valence-corrected chi connectivity index (χ2v) is 4.97. The highest BCUT2D eigenvalue weighted by atomic mass is 16.2. The highest BCUT2D eigenvalue weighted by Gasteiger charge is 2.18. The first-order valence-electron chi connectivity index (χ1n) is 7.10. The summed E-state index contributed by atoms with van der Waals surface area (Å²) in [5, 5.41) is 2.99. The lowest BCUT2D eigenvalue weighted by Crippen LogP contribution is -2.31. The Kier molecular flexibility index (Phi) is 4.58. The van der Waals surface area contributed by atoms with Crippen LogP contribution in [0.2, 0.25) is 0 Å². The zero-order valence-electron chi connectivity index (χ0n) is 13.0. The van der Waals surface area contributed by atoms with Crippen LogP contribution in [0.3, 0.4) is 0 Å². The number of para-hydroxylation sites is 1. The Bertz CT molecular complexity index is 652. The van der Waals surface area contributed by atoms with Gasteiger partial charge >= 0.3 is 0 Å². The number of nitrogens with zero attached hydrogens (tertiary/aromatic N) is 2. The van der Waals surface area contributed by atoms with Crippen molar-refractivity contribution in [3.63, 3.8) is 0 Å². The van der Waals surface area contributed by atoms with Crippen LogP contribution in [0.1, 0.15) is 28.5 Å². The molecule has 4 nitrogen and oxygen atoms in total. The van der Waals surface area contributed by atoms with Crippen LogP contribution in [0.5, 0.6) is 0 Å². The zero-order valence-corrected chi connectivity index (χ0v) is 13.0. The Morgan fingerprint density at radius 2 is 1.95 bits per heavy atom. The van der Waals surface area contributed by atoms with Gasteiger partial charge in [-0.25, -0.2) is 4.98 Å². The Balaban J connectivity index is 2.41. The van der Waals surface area contributed by atoms with Gasteiger partial charge in [0.25, 0.3) is 5.91 Å². The number of pyridine rings is 1. The largest absolute Gasteiger partial charge is 0.373 e. The molecule has 0 aliphatic heterocycles. The lowest BCUT2D eigenvalue weighted by atomic mass is 10.1. The van der Waals surface area contributed by atoms with Gasteiger partial charge in [0.1, 0.15) is 5.82 Å². The van der Waals surface area contributed by atoms with Gasteiger partial charge < -0.3 is 10.2 Å². The number of carbonyl (C=O) groups excluding carboxylic acids is 1. The molecule has 0 fully saturated rings. The topological polar surface area (TPSA) is 45.2 Å². The molecular weight excluding hydrogens is 262 g/mol. The SMILES string of the molecule is CCN(C(=O)c1cc(C)nc(NC)c1)c1ccccc1C. The smallest absolute Gasteiger partial charge is 0.258 e. The van der Waals surface area contributed by atoms with Gasteiger partial charge in [-0.3, -0.25) is 4.79 Å². The zero-order chi connectivity index (χ0) is 15.4. The molecule has 110 valence electrons. The molecule has 2 aromatic rings. The second-order valence-electron chi connectivity index (χ2n) is 4.97. The summed E-state index contributed by atoms with van der Waals surface area (Å²) in [4.78, 5) is 18.9. The maximum atomic E-state index is 12.8. The molecule has 1 amide bonds. The number of rotatable bonds is 4. The van der Waals surface area contributed by atoms with Gasteiger partial charge in [0.2, 0.25) is 0 Å². The minimum atomic E-state index is -0.00574. The van der Waals surface area contributed by atoms with E-state index < -0.39 is 0 Å². The normalized spacial score (nSPS) is 10.3. The van der Waals surface area contributed by atoms with Gasteiger partial charge in [0, 0.05) is 30.5 Å². The first-order chi connectivity index (χ1) is 10.1. The summed E-state index contributed by atoms with van der Waals surface area (Å²) in [5.41, 5.74) is 3.51. The first kappa shape index (κ1) is 15.0. The van der Waals surface area contributed by atoms with Crippen molar-refractivity contribution in [3.8, 4) is 0 Å². The molecule has 0 unspecified atom stereocenters. The lowest BCUT2D eigenvalue weighted by Gasteiger charge is -2.23. The molecule has 0 saturated carbocycles. The monoisotopic (exact) mass is 283 g/mol. The van der Waals surface area contributed by atoms with Gasteiger partial charge in [-0.2, -0.15) is 0 Å². The van der Waals surface area contributed by atoms with Crippen LogP contribution < -0.4 is 10.2 Å². The first-order valence-corrected chi connectivity index (χ1v) is 7.10. The van der Waals surface area contributed by atoms with Crippen molar-refractivity contribution in [2.45, 2.75) is 20.8 Å². The number of carbonyl (C=O) groups is 1. The van der Waals surface area contributed by atoms with E-state index in [0.717, 1.165) is 16.9 Å². The van der Waals surface area contributed by atoms with Crippen molar-refractivity contribution in [2.24, 2.45) is 0 Å². The molecule has 1 N–H and O–H groups in total. The van der Waals surface area contributed by atoms with Gasteiger partial charge in [-0.05, 0) is 44.5 Å². The fraction of sp³-hybridized carbons (Fsp3) is 0.294. The molecular formula is C17H21N3O. The van der Waals surface area contributed by atoms with E-state index in [1.54, 1.807) is 18.0 Å². The maximum Gasteiger partial charge on any atom is 0.258 e. The Morgan fingerprint density at radius 1 is 1.24 bits per heavy atom. The van der Waals surface area contributed by atoms with E-state index in [1.165, 1.54) is 0 Å². The molecule has 0 saturated heterocycles. The maximum absolute atomic E-state index is 12.8. The van der Waals surface area contributed by atoms with E-state index in [1.807, 2.05) is 51.1 Å². The van der Waals surface area contributed by atoms with E-state index >= 15 is 0 Å². The number of nitrogens with one attached hydrogen (secondary N) is 1. The summed E-state index contributed by atoms with van der Waals surface area (Å²) in [6.45, 7) is 6.51. The van der Waals surface area contributed by atoms with Crippen molar-refractivity contribution < 1.29 is 4.79 Å². The predicted molar refractivity (Wildman–Crippen MR) is 87.1 cm³/mol. The molecule has 0 aliphatic carbocycles. The van der Waals surface area contributed by atoms with Crippen molar-refractivity contribution in [2.75, 3.05) is 23.8 Å². The van der Waals surface area contributed by atoms with Crippen LogP contribution >= 0.6 is 0 Å². The number of aryl methyl sites for hydroxylation is 2. The third kappa shape index (κ3) is 3.21. The summed E-state index contributed by atoms with van der Waals surface area (Å²) >= 11 is 0. The summed E-state index contributed by atoms with van der Waals surface area (Å²) in [5.74, 6) is 0.702. The quantitative estimate of drug-likeness (QED) is 0.935. The highest BCUT2D eigenvalue weighted by Crippen LogP contribution is 2.22. The molecule has 21 heavy (non-hydrogen) atoms. The molecule has 0 radical (unpaired) electrons. The van der Waals surface area contributed by atoms with Crippen LogP contribution in [-0.2, 0) is 0 Å². The number of hydrogen-bond acceptors (Lipinski definition) is 3. The van der Waals surface area contributed by atoms with Gasteiger partial charge in [0.15, 0.2) is 0 Å². The molecule has 2 rings (SSSR count). The molecule has 1 heterocycles. The van der Waals surface area contributed by atoms with Gasteiger partial charge in [-0.1, -0.05) is 18.2 Å². The number of benzene rings is 1. The summed E-state index contributed by atoms with van der Waals surface area (Å²) in [6, 6.07) is 11.5. The molecule has 0 spiro atoms. The van der Waals surface area contributed by atoms with Crippen LogP contribution in [0.15, 0.2) is 36.4 Å². The van der Waals surface area contributed by atoms with E-state index in [-0.39, 0.29) is 5.91 Å². The van der Waals surface area contributed by atoms with Crippen molar-refractivity contribution in [1.29, 1.82) is 0 Å². The number of amides is 1. The van der Waals surface area contributed by atoms with Gasteiger partial charge in [-0.15, -0.1) is 0 Å². The third-order valence-electron chi connectivity index (χ3n) is 3.42. The van der Waals surface area contributed by atoms with Crippen LogP contribution in [0.4, 0.5) is 11.5 Å². The Labute approximate surface area is 125 Å². The predicted octanol–water partition coefficient (Wildman–Crippen LogP) is 3.41. The average Bonchev–Trinajstić information content (AvgIpc) is 2.49. The van der Waals surface area contributed by atoms with E-state index in [2.05, 4.69) is 10.3 Å². The summed E-state index contributed by atoms with van der Waals surface area (Å²) in [6.07, 6.45) is 0. The number of anilines is 2. The fourth-order valence-electron chi connectivity index (χ4n) is 2.37. The minimum absolute atomic E-state index is 0.00574. The highest BCUT2D eigenvalue weighted by molar-refractivity contribution is 6.06. The molecule has 0 bridgehead atoms.